The highest BCUT2D eigenvalue weighted by Gasteiger charge is 2.14. The number of aryl methyl sites for hydroxylation is 1. The van der Waals surface area contributed by atoms with Crippen LogP contribution in [0.1, 0.15) is 18.1 Å². The second-order valence-electron chi connectivity index (χ2n) is 7.28. The van der Waals surface area contributed by atoms with Crippen molar-refractivity contribution >= 4 is 23.7 Å². The number of amides is 2. The third-order valence-electron chi connectivity index (χ3n) is 5.01. The molecule has 0 atom stereocenters. The van der Waals surface area contributed by atoms with Crippen LogP contribution in [0.4, 0.5) is 5.69 Å². The molecule has 2 N–H and O–H groups in total. The molecule has 0 aliphatic heterocycles. The van der Waals surface area contributed by atoms with E-state index in [1.807, 2.05) is 85.9 Å². The molecule has 0 aliphatic carbocycles. The van der Waals surface area contributed by atoms with Crippen molar-refractivity contribution < 1.29 is 9.59 Å². The normalized spacial score (nSPS) is 10.8. The standard InChI is InChI=1S/C26H23N5O2/c1-2-19-13-15-22(16-14-19)28-25(32)26(33)29-27-17-21-18-31(23-11-7-4-8-12-23)30-24(21)20-9-5-3-6-10-20/h3-18H,2H2,1H3,(H,28,32)(H,29,33)/b27-17+. The first-order valence-corrected chi connectivity index (χ1v) is 10.6. The second kappa shape index (κ2) is 10.2. The lowest BCUT2D eigenvalue weighted by Crippen LogP contribution is -2.32. The van der Waals surface area contributed by atoms with Crippen molar-refractivity contribution in [2.75, 3.05) is 5.32 Å². The Morgan fingerprint density at radius 3 is 2.24 bits per heavy atom. The summed E-state index contributed by atoms with van der Waals surface area (Å²) in [5.41, 5.74) is 7.18. The van der Waals surface area contributed by atoms with Crippen LogP contribution in [0.3, 0.4) is 0 Å². The van der Waals surface area contributed by atoms with Crippen molar-refractivity contribution in [3.8, 4) is 16.9 Å². The van der Waals surface area contributed by atoms with Gasteiger partial charge in [0.2, 0.25) is 0 Å². The SMILES string of the molecule is CCc1ccc(NC(=O)C(=O)N/N=C/c2cn(-c3ccccc3)nc2-c2ccccc2)cc1. The number of carbonyl (C=O) groups excluding carboxylic acids is 2. The number of rotatable bonds is 6. The van der Waals surface area contributed by atoms with E-state index in [1.165, 1.54) is 6.21 Å². The van der Waals surface area contributed by atoms with Gasteiger partial charge in [-0.2, -0.15) is 10.2 Å². The van der Waals surface area contributed by atoms with Gasteiger partial charge < -0.3 is 5.32 Å². The van der Waals surface area contributed by atoms with E-state index in [2.05, 4.69) is 20.9 Å². The average molecular weight is 438 g/mol. The highest BCUT2D eigenvalue weighted by molar-refractivity contribution is 6.39. The Morgan fingerprint density at radius 1 is 0.909 bits per heavy atom. The van der Waals surface area contributed by atoms with E-state index in [0.29, 0.717) is 16.9 Å². The minimum absolute atomic E-state index is 0.548. The first-order chi connectivity index (χ1) is 16.1. The van der Waals surface area contributed by atoms with Crippen molar-refractivity contribution in [3.05, 3.63) is 102 Å². The molecular formula is C26H23N5O2. The van der Waals surface area contributed by atoms with Gasteiger partial charge in [0.15, 0.2) is 0 Å². The molecule has 0 bridgehead atoms. The van der Waals surface area contributed by atoms with E-state index < -0.39 is 11.8 Å². The molecule has 4 aromatic rings. The fourth-order valence-corrected chi connectivity index (χ4v) is 3.24. The maximum absolute atomic E-state index is 12.2. The Hall–Kier alpha value is -4.52. The maximum atomic E-state index is 12.2. The summed E-state index contributed by atoms with van der Waals surface area (Å²) in [7, 11) is 0. The zero-order chi connectivity index (χ0) is 23.0. The van der Waals surface area contributed by atoms with Crippen molar-refractivity contribution in [2.24, 2.45) is 5.10 Å². The number of benzene rings is 3. The summed E-state index contributed by atoms with van der Waals surface area (Å²) in [6.45, 7) is 2.05. The summed E-state index contributed by atoms with van der Waals surface area (Å²) in [6.07, 6.45) is 4.20. The van der Waals surface area contributed by atoms with Gasteiger partial charge >= 0.3 is 11.8 Å². The smallest absolute Gasteiger partial charge is 0.318 e. The van der Waals surface area contributed by atoms with E-state index in [0.717, 1.165) is 23.2 Å². The van der Waals surface area contributed by atoms with Gasteiger partial charge in [0.25, 0.3) is 0 Å². The molecule has 0 unspecified atom stereocenters. The Kier molecular flexibility index (Phi) is 6.70. The predicted molar refractivity (Wildman–Crippen MR) is 129 cm³/mol. The molecule has 0 aliphatic rings. The summed E-state index contributed by atoms with van der Waals surface area (Å²) in [6, 6.07) is 26.7. The lowest BCUT2D eigenvalue weighted by Gasteiger charge is -2.04. The number of hydrogen-bond acceptors (Lipinski definition) is 4. The summed E-state index contributed by atoms with van der Waals surface area (Å²) >= 11 is 0. The zero-order valence-electron chi connectivity index (χ0n) is 18.1. The zero-order valence-corrected chi connectivity index (χ0v) is 18.1. The molecule has 7 nitrogen and oxygen atoms in total. The van der Waals surface area contributed by atoms with Gasteiger partial charge in [-0.3, -0.25) is 9.59 Å². The fourth-order valence-electron chi connectivity index (χ4n) is 3.24. The van der Waals surface area contributed by atoms with Gasteiger partial charge in [-0.25, -0.2) is 10.1 Å². The van der Waals surface area contributed by atoms with Crippen LogP contribution >= 0.6 is 0 Å². The average Bonchev–Trinajstić information content (AvgIpc) is 3.29. The Balaban J connectivity index is 1.49. The third kappa shape index (κ3) is 5.40. The second-order valence-corrected chi connectivity index (χ2v) is 7.28. The Bertz CT molecular complexity index is 1260. The molecule has 2 amide bonds. The molecule has 164 valence electrons. The minimum atomic E-state index is -0.859. The van der Waals surface area contributed by atoms with Crippen LogP contribution in [-0.2, 0) is 16.0 Å². The maximum Gasteiger partial charge on any atom is 0.329 e. The molecule has 3 aromatic carbocycles. The molecule has 1 aromatic heterocycles. The number of anilines is 1. The lowest BCUT2D eigenvalue weighted by atomic mass is 10.1. The summed E-state index contributed by atoms with van der Waals surface area (Å²) in [5, 5.41) is 11.2. The highest BCUT2D eigenvalue weighted by atomic mass is 16.2. The van der Waals surface area contributed by atoms with Gasteiger partial charge in [-0.15, -0.1) is 0 Å². The van der Waals surface area contributed by atoms with Crippen LogP contribution in [0.15, 0.2) is 96.2 Å². The highest BCUT2D eigenvalue weighted by Crippen LogP contribution is 2.22. The molecule has 0 spiro atoms. The van der Waals surface area contributed by atoms with E-state index in [-0.39, 0.29) is 0 Å². The van der Waals surface area contributed by atoms with Crippen LogP contribution in [0.2, 0.25) is 0 Å². The van der Waals surface area contributed by atoms with E-state index in [1.54, 1.807) is 16.8 Å². The molecule has 0 saturated heterocycles. The van der Waals surface area contributed by atoms with Crippen molar-refractivity contribution in [2.45, 2.75) is 13.3 Å². The first-order valence-electron chi connectivity index (χ1n) is 10.6. The number of carbonyl (C=O) groups is 2. The molecule has 0 radical (unpaired) electrons. The van der Waals surface area contributed by atoms with Crippen molar-refractivity contribution in [3.63, 3.8) is 0 Å². The van der Waals surface area contributed by atoms with Crippen LogP contribution in [0.25, 0.3) is 16.9 Å². The molecular weight excluding hydrogens is 414 g/mol. The van der Waals surface area contributed by atoms with Crippen LogP contribution in [0.5, 0.6) is 0 Å². The lowest BCUT2D eigenvalue weighted by molar-refractivity contribution is -0.136. The topological polar surface area (TPSA) is 88.4 Å². The molecule has 0 saturated carbocycles. The van der Waals surface area contributed by atoms with Gasteiger partial charge in [0.05, 0.1) is 11.9 Å². The number of para-hydroxylation sites is 1. The number of aromatic nitrogens is 2. The quantitative estimate of drug-likeness (QED) is 0.269. The van der Waals surface area contributed by atoms with Gasteiger partial charge in [0.1, 0.15) is 5.69 Å². The van der Waals surface area contributed by atoms with Gasteiger partial charge in [-0.1, -0.05) is 67.6 Å². The number of nitrogens with one attached hydrogen (secondary N) is 2. The predicted octanol–water partition coefficient (Wildman–Crippen LogP) is 4.19. The van der Waals surface area contributed by atoms with E-state index in [9.17, 15) is 9.59 Å². The molecule has 1 heterocycles. The minimum Gasteiger partial charge on any atom is -0.318 e. The molecule has 0 fully saturated rings. The first kappa shape index (κ1) is 21.7. The fraction of sp³-hybridized carbons (Fsp3) is 0.0769. The van der Waals surface area contributed by atoms with Crippen LogP contribution in [-0.4, -0.2) is 27.8 Å². The van der Waals surface area contributed by atoms with Gasteiger partial charge in [0, 0.05) is 23.0 Å². The van der Waals surface area contributed by atoms with E-state index >= 15 is 0 Å². The molecule has 4 rings (SSSR count). The summed E-state index contributed by atoms with van der Waals surface area (Å²) in [5.74, 6) is -1.65. The molecule has 33 heavy (non-hydrogen) atoms. The Morgan fingerprint density at radius 2 is 1.58 bits per heavy atom. The van der Waals surface area contributed by atoms with Crippen LogP contribution < -0.4 is 10.7 Å². The number of nitrogens with zero attached hydrogens (tertiary/aromatic N) is 3. The number of hydrazone groups is 1. The summed E-state index contributed by atoms with van der Waals surface area (Å²) in [4.78, 5) is 24.4. The van der Waals surface area contributed by atoms with Crippen LogP contribution in [0, 0.1) is 0 Å². The monoisotopic (exact) mass is 437 g/mol. The molecule has 7 heteroatoms. The van der Waals surface area contributed by atoms with E-state index in [4.69, 9.17) is 0 Å². The van der Waals surface area contributed by atoms with Gasteiger partial charge in [-0.05, 0) is 36.2 Å². The van der Waals surface area contributed by atoms with Crippen molar-refractivity contribution in [1.82, 2.24) is 15.2 Å². The Labute approximate surface area is 191 Å². The largest absolute Gasteiger partial charge is 0.329 e. The number of hydrogen-bond donors (Lipinski definition) is 2. The summed E-state index contributed by atoms with van der Waals surface area (Å²) < 4.78 is 1.75. The van der Waals surface area contributed by atoms with Crippen molar-refractivity contribution in [1.29, 1.82) is 0 Å². The third-order valence-corrected chi connectivity index (χ3v) is 5.01.